The molecule has 0 aromatic heterocycles. The average Bonchev–Trinajstić information content (AvgIpc) is 2.76. The molecule has 2 aliphatic heterocycles. The van der Waals surface area contributed by atoms with Gasteiger partial charge in [0.05, 0.1) is 25.8 Å². The van der Waals surface area contributed by atoms with E-state index in [-0.39, 0.29) is 23.7 Å². The zero-order valence-electron chi connectivity index (χ0n) is 21.7. The highest BCUT2D eigenvalue weighted by atomic mass is 16.5. The summed E-state index contributed by atoms with van der Waals surface area (Å²) >= 11 is 0. The molecule has 0 saturated heterocycles. The van der Waals surface area contributed by atoms with Crippen molar-refractivity contribution in [3.63, 3.8) is 0 Å². The molecule has 1 aliphatic carbocycles. The maximum atomic E-state index is 13.2. The number of fused-ring (bicyclic) bond motifs is 4. The van der Waals surface area contributed by atoms with E-state index in [4.69, 9.17) is 19.4 Å². The Morgan fingerprint density at radius 3 is 2.28 bits per heavy atom. The summed E-state index contributed by atoms with van der Waals surface area (Å²) in [5.74, 6) is -0.789. The van der Waals surface area contributed by atoms with Gasteiger partial charge in [-0.25, -0.2) is 0 Å². The second-order valence-electron chi connectivity index (χ2n) is 10.4. The van der Waals surface area contributed by atoms with Crippen molar-refractivity contribution >= 4 is 17.7 Å². The number of rotatable bonds is 5. The Labute approximate surface area is 210 Å². The van der Waals surface area contributed by atoms with Gasteiger partial charge in [-0.2, -0.15) is 0 Å². The first-order chi connectivity index (χ1) is 16.7. The van der Waals surface area contributed by atoms with Gasteiger partial charge in [0.25, 0.3) is 5.97 Å². The van der Waals surface area contributed by atoms with Crippen molar-refractivity contribution < 1.29 is 39.2 Å². The van der Waals surface area contributed by atoms with Gasteiger partial charge >= 0.3 is 5.97 Å². The molecule has 4 rings (SSSR count). The highest BCUT2D eigenvalue weighted by molar-refractivity contribution is 5.99. The number of aliphatic hydroxyl groups is 1. The van der Waals surface area contributed by atoms with Gasteiger partial charge in [0.1, 0.15) is 11.8 Å². The number of hydrogen-bond donors (Lipinski definition) is 4. The van der Waals surface area contributed by atoms with E-state index in [0.717, 1.165) is 30.2 Å². The van der Waals surface area contributed by atoms with Crippen LogP contribution in [0.1, 0.15) is 64.1 Å². The van der Waals surface area contributed by atoms with Crippen molar-refractivity contribution in [1.82, 2.24) is 10.2 Å². The van der Waals surface area contributed by atoms with Gasteiger partial charge in [-0.15, -0.1) is 0 Å². The number of benzene rings is 1. The molecule has 10 nitrogen and oxygen atoms in total. The number of Topliss-reactive ketones (excluding diaryl/α,β-unsaturated/α-hetero) is 1. The van der Waals surface area contributed by atoms with Crippen LogP contribution in [0, 0.1) is 5.41 Å². The summed E-state index contributed by atoms with van der Waals surface area (Å²) in [5, 5.41) is 31.5. The molecule has 1 aromatic carbocycles. The third-order valence-corrected chi connectivity index (χ3v) is 6.93. The van der Waals surface area contributed by atoms with Crippen LogP contribution in [-0.4, -0.2) is 70.5 Å². The molecule has 198 valence electrons. The lowest BCUT2D eigenvalue weighted by atomic mass is 9.68. The molecule has 3 aliphatic rings. The Balaban J connectivity index is 0.000000840. The Morgan fingerprint density at radius 2 is 1.72 bits per heavy atom. The van der Waals surface area contributed by atoms with Crippen molar-refractivity contribution in [3.8, 4) is 11.5 Å². The minimum absolute atomic E-state index is 0.125. The molecule has 36 heavy (non-hydrogen) atoms. The predicted octanol–water partition coefficient (Wildman–Crippen LogP) is 2.49. The van der Waals surface area contributed by atoms with Crippen molar-refractivity contribution in [2.24, 2.45) is 5.41 Å². The molecule has 1 aromatic rings. The molecule has 0 spiro atoms. The zero-order chi connectivity index (χ0) is 27.0. The quantitative estimate of drug-likeness (QED) is 0.441. The highest BCUT2D eigenvalue weighted by Crippen LogP contribution is 2.52. The topological polar surface area (TPSA) is 146 Å². The lowest BCUT2D eigenvalue weighted by Gasteiger charge is -2.53. The molecule has 3 unspecified atom stereocenters. The van der Waals surface area contributed by atoms with E-state index in [1.165, 1.54) is 6.92 Å². The molecule has 0 radical (unpaired) electrons. The summed E-state index contributed by atoms with van der Waals surface area (Å²) in [4.78, 5) is 36.1. The van der Waals surface area contributed by atoms with E-state index in [1.54, 1.807) is 14.2 Å². The zero-order valence-corrected chi connectivity index (χ0v) is 21.7. The molecule has 0 saturated carbocycles. The van der Waals surface area contributed by atoms with E-state index >= 15 is 0 Å². The molecule has 4 N–H and O–H groups in total. The number of allylic oxidation sites excluding steroid dienone is 1. The average molecular weight is 505 g/mol. The van der Waals surface area contributed by atoms with Crippen LogP contribution in [0.4, 0.5) is 0 Å². The number of ether oxygens (including phenoxy) is 2. The molecule has 0 bridgehead atoms. The standard InChI is InChI=1S/C24H32N2O6.C2H4O2/c1-13(22(28)29)25-24(30)11-16-15-9-20(32-5)19(31-4)8-14(15)6-7-26(16)17-10-23(2,3)12-18(27)21(17)24;1-2(3)4/h8-9,13,16,25,30H,6-7,10-12H2,1-5H3,(H,28,29);1H3,(H,3,4). The fourth-order valence-electron chi connectivity index (χ4n) is 5.51. The van der Waals surface area contributed by atoms with Gasteiger partial charge in [0.15, 0.2) is 17.3 Å². The van der Waals surface area contributed by atoms with E-state index in [1.807, 2.05) is 12.1 Å². The Morgan fingerprint density at radius 1 is 1.14 bits per heavy atom. The van der Waals surface area contributed by atoms with E-state index in [0.29, 0.717) is 36.5 Å². The van der Waals surface area contributed by atoms with Gasteiger partial charge in [-0.05, 0) is 48.4 Å². The summed E-state index contributed by atoms with van der Waals surface area (Å²) in [7, 11) is 3.18. The lowest BCUT2D eigenvalue weighted by molar-refractivity contribution is -0.143. The summed E-state index contributed by atoms with van der Waals surface area (Å²) in [6, 6.07) is 2.67. The second kappa shape index (κ2) is 10.1. The number of nitrogens with one attached hydrogen (secondary N) is 1. The highest BCUT2D eigenvalue weighted by Gasteiger charge is 2.52. The number of aliphatic carboxylic acids is 2. The Hall–Kier alpha value is -3.11. The fourth-order valence-corrected chi connectivity index (χ4v) is 5.51. The van der Waals surface area contributed by atoms with Gasteiger partial charge in [0.2, 0.25) is 0 Å². The third-order valence-electron chi connectivity index (χ3n) is 6.93. The number of nitrogens with zero attached hydrogens (tertiary/aromatic N) is 1. The number of ketones is 1. The molecule has 0 fully saturated rings. The van der Waals surface area contributed by atoms with Gasteiger partial charge in [-0.3, -0.25) is 19.7 Å². The molecular formula is C26H36N2O8. The van der Waals surface area contributed by atoms with Gasteiger partial charge < -0.3 is 29.7 Å². The first kappa shape index (κ1) is 27.5. The van der Waals surface area contributed by atoms with Crippen LogP contribution in [0.5, 0.6) is 11.5 Å². The maximum absolute atomic E-state index is 13.2. The summed E-state index contributed by atoms with van der Waals surface area (Å²) in [6.45, 7) is 7.37. The lowest BCUT2D eigenvalue weighted by Crippen LogP contribution is -2.61. The number of carbonyl (C=O) groups excluding carboxylic acids is 1. The maximum Gasteiger partial charge on any atom is 0.320 e. The number of carbonyl (C=O) groups is 3. The van der Waals surface area contributed by atoms with E-state index in [9.17, 15) is 19.8 Å². The number of carboxylic acid groups (broad SMARTS) is 2. The molecule has 10 heteroatoms. The number of carboxylic acids is 2. The van der Waals surface area contributed by atoms with E-state index in [2.05, 4.69) is 24.1 Å². The van der Waals surface area contributed by atoms with Crippen LogP contribution in [0.25, 0.3) is 0 Å². The van der Waals surface area contributed by atoms with Crippen LogP contribution in [0.15, 0.2) is 23.4 Å². The first-order valence-corrected chi connectivity index (χ1v) is 11.9. The van der Waals surface area contributed by atoms with Crippen molar-refractivity contribution in [2.45, 2.75) is 71.2 Å². The van der Waals surface area contributed by atoms with Crippen LogP contribution >= 0.6 is 0 Å². The van der Waals surface area contributed by atoms with Gasteiger partial charge in [-0.1, -0.05) is 13.8 Å². The summed E-state index contributed by atoms with van der Waals surface area (Å²) in [5.41, 5.74) is 1.27. The normalized spacial score (nSPS) is 24.9. The van der Waals surface area contributed by atoms with Crippen molar-refractivity contribution in [1.29, 1.82) is 0 Å². The predicted molar refractivity (Wildman–Crippen MR) is 131 cm³/mol. The Kier molecular flexibility index (Phi) is 7.71. The largest absolute Gasteiger partial charge is 0.493 e. The molecule has 0 amide bonds. The van der Waals surface area contributed by atoms with Crippen LogP contribution in [0.2, 0.25) is 0 Å². The van der Waals surface area contributed by atoms with E-state index < -0.39 is 23.7 Å². The monoisotopic (exact) mass is 504 g/mol. The first-order valence-electron chi connectivity index (χ1n) is 11.9. The van der Waals surface area contributed by atoms with Crippen molar-refractivity contribution in [3.05, 3.63) is 34.5 Å². The summed E-state index contributed by atoms with van der Waals surface area (Å²) in [6.07, 6.45) is 1.89. The second-order valence-corrected chi connectivity index (χ2v) is 10.4. The van der Waals surface area contributed by atoms with Crippen LogP contribution < -0.4 is 14.8 Å². The van der Waals surface area contributed by atoms with Crippen LogP contribution in [0.3, 0.4) is 0 Å². The Bertz CT molecular complexity index is 1090. The third kappa shape index (κ3) is 5.34. The number of methoxy groups -OCH3 is 2. The minimum Gasteiger partial charge on any atom is -0.493 e. The van der Waals surface area contributed by atoms with Crippen LogP contribution in [-0.2, 0) is 20.8 Å². The smallest absolute Gasteiger partial charge is 0.320 e. The molecular weight excluding hydrogens is 468 g/mol. The van der Waals surface area contributed by atoms with Crippen molar-refractivity contribution in [2.75, 3.05) is 20.8 Å². The number of hydrogen-bond acceptors (Lipinski definition) is 8. The molecule has 2 heterocycles. The minimum atomic E-state index is -1.73. The van der Waals surface area contributed by atoms with Gasteiger partial charge in [0, 0.05) is 32.0 Å². The fraction of sp³-hybridized carbons (Fsp3) is 0.577. The molecule has 3 atom stereocenters. The SMILES string of the molecule is CC(=O)O.COc1cc2c(cc1OC)C1CC(O)(NC(C)C(=O)O)C3=C(CC(C)(C)CC3=O)N1CC2. The summed E-state index contributed by atoms with van der Waals surface area (Å²) < 4.78 is 11.0.